The molecule has 0 saturated carbocycles. The molecule has 0 unspecified atom stereocenters. The van der Waals surface area contributed by atoms with Gasteiger partial charge in [0.15, 0.2) is 10.6 Å². The lowest BCUT2D eigenvalue weighted by Crippen LogP contribution is -2.35. The minimum absolute atomic E-state index is 0.0748. The number of phenolic OH excluding ortho intramolecular Hbond substituents is 1. The first kappa shape index (κ1) is 16.1. The van der Waals surface area contributed by atoms with Gasteiger partial charge in [0.05, 0.1) is 0 Å². The molecule has 0 fully saturated rings. The van der Waals surface area contributed by atoms with E-state index >= 15 is 0 Å². The van der Waals surface area contributed by atoms with Gasteiger partial charge in [0.25, 0.3) is 6.02 Å². The summed E-state index contributed by atoms with van der Waals surface area (Å²) in [6.07, 6.45) is 3.53. The zero-order valence-electron chi connectivity index (χ0n) is 14.0. The SMILES string of the molecule is NC1=N[C@@]2(c3cc(O)ccc3Oc3ccc(-c4cccnc4)cc32)[C@@H](Br)O1. The predicted octanol–water partition coefficient (Wildman–Crippen LogP) is 3.87. The highest BCUT2D eigenvalue weighted by molar-refractivity contribution is 9.09. The molecule has 5 rings (SSSR count). The zero-order chi connectivity index (χ0) is 18.6. The van der Waals surface area contributed by atoms with Crippen LogP contribution in [-0.2, 0) is 10.3 Å². The molecule has 0 radical (unpaired) electrons. The molecule has 0 aliphatic carbocycles. The first-order valence-electron chi connectivity index (χ1n) is 8.30. The van der Waals surface area contributed by atoms with Gasteiger partial charge in [-0.15, -0.1) is 0 Å². The number of aliphatic imine (C=N–C) groups is 1. The summed E-state index contributed by atoms with van der Waals surface area (Å²) in [5, 5.41) is 9.52. The van der Waals surface area contributed by atoms with Crippen LogP contribution in [0.25, 0.3) is 11.1 Å². The van der Waals surface area contributed by atoms with Crippen LogP contribution in [0.15, 0.2) is 65.9 Å². The van der Waals surface area contributed by atoms with E-state index in [2.05, 4.69) is 25.9 Å². The van der Waals surface area contributed by atoms with Gasteiger partial charge in [0, 0.05) is 29.1 Å². The van der Waals surface area contributed by atoms with Crippen LogP contribution < -0.4 is 10.5 Å². The van der Waals surface area contributed by atoms with E-state index in [-0.39, 0.29) is 11.8 Å². The molecule has 1 aromatic heterocycles. The van der Waals surface area contributed by atoms with Gasteiger partial charge in [-0.2, -0.15) is 0 Å². The van der Waals surface area contributed by atoms with Crippen molar-refractivity contribution in [3.63, 3.8) is 0 Å². The monoisotopic (exact) mass is 423 g/mol. The molecule has 134 valence electrons. The van der Waals surface area contributed by atoms with E-state index in [9.17, 15) is 5.11 Å². The lowest BCUT2D eigenvalue weighted by atomic mass is 9.80. The van der Waals surface area contributed by atoms with Crippen LogP contribution in [-0.4, -0.2) is 21.1 Å². The Bertz CT molecular complexity index is 1090. The normalized spacial score (nSPS) is 22.4. The van der Waals surface area contributed by atoms with Gasteiger partial charge < -0.3 is 20.3 Å². The van der Waals surface area contributed by atoms with E-state index < -0.39 is 10.6 Å². The highest BCUT2D eigenvalue weighted by Gasteiger charge is 2.53. The van der Waals surface area contributed by atoms with Crippen molar-refractivity contribution in [2.45, 2.75) is 10.6 Å². The van der Waals surface area contributed by atoms with Crippen molar-refractivity contribution in [1.82, 2.24) is 4.98 Å². The van der Waals surface area contributed by atoms with Gasteiger partial charge in [0.1, 0.15) is 17.2 Å². The Balaban J connectivity index is 1.79. The summed E-state index contributed by atoms with van der Waals surface area (Å²) in [5.41, 5.74) is 8.36. The number of aromatic nitrogens is 1. The van der Waals surface area contributed by atoms with Crippen molar-refractivity contribution in [3.8, 4) is 28.4 Å². The molecule has 2 aromatic carbocycles. The molecule has 6 nitrogen and oxygen atoms in total. The molecule has 0 saturated heterocycles. The number of benzene rings is 2. The summed E-state index contributed by atoms with van der Waals surface area (Å²) in [5.74, 6) is 1.37. The van der Waals surface area contributed by atoms with E-state index in [0.29, 0.717) is 17.1 Å². The summed E-state index contributed by atoms with van der Waals surface area (Å²) in [4.78, 5) is 8.83. The third kappa shape index (κ3) is 2.31. The maximum absolute atomic E-state index is 10.1. The van der Waals surface area contributed by atoms with Crippen molar-refractivity contribution in [2.24, 2.45) is 10.7 Å². The molecule has 3 heterocycles. The minimum atomic E-state index is -0.968. The average Bonchev–Trinajstić information content (AvgIpc) is 2.98. The van der Waals surface area contributed by atoms with Crippen LogP contribution in [0.4, 0.5) is 0 Å². The molecule has 27 heavy (non-hydrogen) atoms. The number of amidine groups is 1. The second-order valence-corrected chi connectivity index (χ2v) is 7.22. The van der Waals surface area contributed by atoms with Crippen molar-refractivity contribution in [2.75, 3.05) is 0 Å². The molecule has 2 atom stereocenters. The Hall–Kier alpha value is -3.06. The molecule has 2 aliphatic heterocycles. The minimum Gasteiger partial charge on any atom is -0.508 e. The van der Waals surface area contributed by atoms with E-state index in [1.54, 1.807) is 30.6 Å². The summed E-state index contributed by atoms with van der Waals surface area (Å²) < 4.78 is 11.7. The third-order valence-corrected chi connectivity index (χ3v) is 5.67. The lowest BCUT2D eigenvalue weighted by Gasteiger charge is -2.36. The number of nitrogens with zero attached hydrogens (tertiary/aromatic N) is 2. The standard InChI is InChI=1S/C20H14BrN3O3/c21-18-20(24-19(22)27-18)14-8-11(12-2-1-7-23-10-12)3-5-16(14)26-17-6-4-13(25)9-15(17)20/h1-10,18,25H,(H2,22,24)/t18-,20-/m0/s1. The number of pyridine rings is 1. The molecule has 3 N–H and O–H groups in total. The first-order valence-corrected chi connectivity index (χ1v) is 9.22. The van der Waals surface area contributed by atoms with Crippen LogP contribution in [0.3, 0.4) is 0 Å². The largest absolute Gasteiger partial charge is 0.508 e. The van der Waals surface area contributed by atoms with E-state index in [4.69, 9.17) is 15.2 Å². The Labute approximate surface area is 163 Å². The Morgan fingerprint density at radius 3 is 2.52 bits per heavy atom. The van der Waals surface area contributed by atoms with Crippen LogP contribution >= 0.6 is 15.9 Å². The van der Waals surface area contributed by atoms with Gasteiger partial charge >= 0.3 is 0 Å². The molecule has 0 bridgehead atoms. The third-order valence-electron chi connectivity index (χ3n) is 4.82. The predicted molar refractivity (Wildman–Crippen MR) is 104 cm³/mol. The summed E-state index contributed by atoms with van der Waals surface area (Å²) in [6, 6.07) is 14.7. The number of hydrogen-bond donors (Lipinski definition) is 2. The van der Waals surface area contributed by atoms with Crippen LogP contribution in [0.2, 0.25) is 0 Å². The first-order chi connectivity index (χ1) is 13.1. The lowest BCUT2D eigenvalue weighted by molar-refractivity contribution is 0.237. The maximum atomic E-state index is 10.1. The van der Waals surface area contributed by atoms with Gasteiger partial charge in [0.2, 0.25) is 0 Å². The van der Waals surface area contributed by atoms with Crippen molar-refractivity contribution >= 4 is 22.0 Å². The summed E-state index contributed by atoms with van der Waals surface area (Å²) >= 11 is 3.58. The van der Waals surface area contributed by atoms with Crippen LogP contribution in [0.5, 0.6) is 17.2 Å². The number of fused-ring (bicyclic) bond motifs is 4. The highest BCUT2D eigenvalue weighted by Crippen LogP contribution is 2.55. The maximum Gasteiger partial charge on any atom is 0.284 e. The van der Waals surface area contributed by atoms with Crippen molar-refractivity contribution in [3.05, 3.63) is 72.1 Å². The molecule has 0 amide bonds. The number of aromatic hydroxyl groups is 1. The fraction of sp³-hybridized carbons (Fsp3) is 0.100. The summed E-state index contributed by atoms with van der Waals surface area (Å²) in [6.45, 7) is 0. The fourth-order valence-electron chi connectivity index (χ4n) is 3.61. The topological polar surface area (TPSA) is 90.0 Å². The van der Waals surface area contributed by atoms with Gasteiger partial charge in [-0.3, -0.25) is 4.98 Å². The molecular formula is C20H14BrN3O3. The smallest absolute Gasteiger partial charge is 0.284 e. The Morgan fingerprint density at radius 2 is 1.81 bits per heavy atom. The summed E-state index contributed by atoms with van der Waals surface area (Å²) in [7, 11) is 0. The molecule has 2 aliphatic rings. The second-order valence-electron chi connectivity index (χ2n) is 6.39. The van der Waals surface area contributed by atoms with Gasteiger partial charge in [-0.1, -0.05) is 12.1 Å². The molecule has 3 aromatic rings. The van der Waals surface area contributed by atoms with E-state index in [1.807, 2.05) is 30.3 Å². The van der Waals surface area contributed by atoms with Crippen LogP contribution in [0, 0.1) is 0 Å². The molecular weight excluding hydrogens is 410 g/mol. The Morgan fingerprint density at radius 1 is 1.04 bits per heavy atom. The van der Waals surface area contributed by atoms with Gasteiger partial charge in [-0.05, 0) is 57.9 Å². The quantitative estimate of drug-likeness (QED) is 0.579. The van der Waals surface area contributed by atoms with Gasteiger partial charge in [-0.25, -0.2) is 4.99 Å². The average molecular weight is 424 g/mol. The number of rotatable bonds is 1. The molecule has 1 spiro atoms. The number of alkyl halides is 1. The number of hydrogen-bond acceptors (Lipinski definition) is 6. The van der Waals surface area contributed by atoms with Crippen molar-refractivity contribution in [1.29, 1.82) is 0 Å². The number of ether oxygens (including phenoxy) is 2. The fourth-order valence-corrected chi connectivity index (χ4v) is 4.39. The second kappa shape index (κ2) is 5.72. The number of halogens is 1. The van der Waals surface area contributed by atoms with Crippen molar-refractivity contribution < 1.29 is 14.6 Å². The Kier molecular flexibility index (Phi) is 3.42. The zero-order valence-corrected chi connectivity index (χ0v) is 15.6. The van der Waals surface area contributed by atoms with E-state index in [1.165, 1.54) is 0 Å². The highest BCUT2D eigenvalue weighted by atomic mass is 79.9. The number of phenols is 1. The van der Waals surface area contributed by atoms with E-state index in [0.717, 1.165) is 16.7 Å². The van der Waals surface area contributed by atoms with Crippen LogP contribution in [0.1, 0.15) is 11.1 Å². The number of nitrogens with two attached hydrogens (primary N) is 1. The molecule has 7 heteroatoms.